The lowest BCUT2D eigenvalue weighted by molar-refractivity contribution is -0.151. The van der Waals surface area contributed by atoms with E-state index in [-0.39, 0.29) is 18.9 Å². The molecule has 2 aromatic carbocycles. The van der Waals surface area contributed by atoms with E-state index in [1.165, 1.54) is 0 Å². The summed E-state index contributed by atoms with van der Waals surface area (Å²) in [5.74, 6) is -2.30. The maximum absolute atomic E-state index is 12.4. The van der Waals surface area contributed by atoms with Crippen molar-refractivity contribution in [1.29, 1.82) is 0 Å². The van der Waals surface area contributed by atoms with Crippen LogP contribution < -0.4 is 10.2 Å². The Morgan fingerprint density at radius 1 is 1.09 bits per heavy atom. The summed E-state index contributed by atoms with van der Waals surface area (Å²) in [5.41, 5.74) is 2.60. The summed E-state index contributed by atoms with van der Waals surface area (Å²) in [6.07, 6.45) is 0.779. The molecule has 0 spiro atoms. The van der Waals surface area contributed by atoms with Crippen molar-refractivity contribution in [3.05, 3.63) is 59.7 Å². The summed E-state index contributed by atoms with van der Waals surface area (Å²) in [7, 11) is 0. The third-order valence-corrected chi connectivity index (χ3v) is 4.96. The van der Waals surface area contributed by atoms with Gasteiger partial charge in [-0.15, -0.1) is 0 Å². The number of amides is 2. The Labute approximate surface area is 186 Å². The van der Waals surface area contributed by atoms with Gasteiger partial charge in [0.2, 0.25) is 5.91 Å². The molecule has 1 aliphatic rings. The van der Waals surface area contributed by atoms with Gasteiger partial charge < -0.3 is 19.7 Å². The Morgan fingerprint density at radius 2 is 1.84 bits per heavy atom. The number of rotatable bonds is 8. The van der Waals surface area contributed by atoms with E-state index in [4.69, 9.17) is 9.47 Å². The number of aryl methyl sites for hydroxylation is 1. The zero-order valence-corrected chi connectivity index (χ0v) is 18.1. The topological polar surface area (TPSA) is 102 Å². The van der Waals surface area contributed by atoms with Gasteiger partial charge in [-0.1, -0.05) is 19.1 Å². The van der Waals surface area contributed by atoms with E-state index in [0.717, 1.165) is 17.7 Å². The van der Waals surface area contributed by atoms with Crippen LogP contribution in [0.3, 0.4) is 0 Å². The highest BCUT2D eigenvalue weighted by Crippen LogP contribution is 2.26. The van der Waals surface area contributed by atoms with Gasteiger partial charge >= 0.3 is 11.9 Å². The highest BCUT2D eigenvalue weighted by atomic mass is 16.5. The van der Waals surface area contributed by atoms with Crippen molar-refractivity contribution >= 4 is 35.1 Å². The van der Waals surface area contributed by atoms with Gasteiger partial charge in [0.1, 0.15) is 0 Å². The lowest BCUT2D eigenvalue weighted by Crippen LogP contribution is -2.28. The number of esters is 2. The summed E-state index contributed by atoms with van der Waals surface area (Å²) in [4.78, 5) is 50.2. The van der Waals surface area contributed by atoms with Crippen molar-refractivity contribution in [3.8, 4) is 0 Å². The zero-order chi connectivity index (χ0) is 23.1. The third-order valence-electron chi connectivity index (χ3n) is 4.96. The Morgan fingerprint density at radius 3 is 2.53 bits per heavy atom. The molecule has 0 unspecified atom stereocenters. The lowest BCUT2D eigenvalue weighted by Gasteiger charge is -2.17. The molecule has 1 N–H and O–H groups in total. The van der Waals surface area contributed by atoms with Gasteiger partial charge in [-0.2, -0.15) is 0 Å². The molecule has 2 aromatic rings. The van der Waals surface area contributed by atoms with Crippen molar-refractivity contribution in [2.24, 2.45) is 5.92 Å². The molecule has 1 aliphatic heterocycles. The quantitative estimate of drug-likeness (QED) is 0.636. The predicted molar refractivity (Wildman–Crippen MR) is 118 cm³/mol. The van der Waals surface area contributed by atoms with Crippen molar-refractivity contribution in [1.82, 2.24) is 0 Å². The van der Waals surface area contributed by atoms with Gasteiger partial charge in [-0.05, 0) is 55.3 Å². The fourth-order valence-corrected chi connectivity index (χ4v) is 3.33. The van der Waals surface area contributed by atoms with Crippen molar-refractivity contribution < 1.29 is 28.7 Å². The molecule has 1 atom stereocenters. The first-order valence-corrected chi connectivity index (χ1v) is 10.5. The lowest BCUT2D eigenvalue weighted by atomic mass is 10.1. The first-order valence-electron chi connectivity index (χ1n) is 10.5. The van der Waals surface area contributed by atoms with E-state index < -0.39 is 30.4 Å². The van der Waals surface area contributed by atoms with Gasteiger partial charge in [0.25, 0.3) is 5.91 Å². The number of carbonyl (C=O) groups is 4. The maximum Gasteiger partial charge on any atom is 0.338 e. The molecule has 0 aromatic heterocycles. The number of hydrogen-bond donors (Lipinski definition) is 1. The molecule has 8 nitrogen and oxygen atoms in total. The molecule has 1 heterocycles. The highest BCUT2D eigenvalue weighted by Gasteiger charge is 2.36. The fourth-order valence-electron chi connectivity index (χ4n) is 3.33. The first kappa shape index (κ1) is 23.0. The second-order valence-corrected chi connectivity index (χ2v) is 7.61. The number of nitrogens with one attached hydrogen (secondary N) is 1. The van der Waals surface area contributed by atoms with E-state index in [0.29, 0.717) is 17.9 Å². The van der Waals surface area contributed by atoms with Gasteiger partial charge in [-0.3, -0.25) is 14.4 Å². The number of ether oxygens (including phenoxy) is 2. The SMILES string of the molecule is CCCOC(=O)c1ccc(NC(=O)COC(=O)[C@H]2CC(=O)N(c3cccc(C)c3)C2)cc1. The number of anilines is 2. The molecule has 0 saturated carbocycles. The van der Waals surface area contributed by atoms with E-state index >= 15 is 0 Å². The van der Waals surface area contributed by atoms with Crippen molar-refractivity contribution in [2.45, 2.75) is 26.7 Å². The van der Waals surface area contributed by atoms with Crippen LogP contribution in [-0.2, 0) is 23.9 Å². The minimum Gasteiger partial charge on any atom is -0.462 e. The standard InChI is InChI=1S/C24H26N2O6/c1-3-11-31-23(29)17-7-9-19(10-8-17)25-21(27)15-32-24(30)18-13-22(28)26(14-18)20-6-4-5-16(2)12-20/h4-10,12,18H,3,11,13-15H2,1-2H3,(H,25,27)/t18-/m0/s1. The van der Waals surface area contributed by atoms with Crippen LogP contribution in [0.25, 0.3) is 0 Å². The Bertz CT molecular complexity index is 1000. The monoisotopic (exact) mass is 438 g/mol. The highest BCUT2D eigenvalue weighted by molar-refractivity contribution is 6.00. The van der Waals surface area contributed by atoms with Gasteiger partial charge in [0.15, 0.2) is 6.61 Å². The molecule has 0 radical (unpaired) electrons. The van der Waals surface area contributed by atoms with Crippen LogP contribution in [0.5, 0.6) is 0 Å². The fraction of sp³-hybridized carbons (Fsp3) is 0.333. The van der Waals surface area contributed by atoms with Crippen LogP contribution in [-0.4, -0.2) is 43.5 Å². The summed E-state index contributed by atoms with van der Waals surface area (Å²) in [5, 5.41) is 2.60. The molecular formula is C24H26N2O6. The third kappa shape index (κ3) is 5.94. The minimum atomic E-state index is -0.621. The molecule has 1 saturated heterocycles. The van der Waals surface area contributed by atoms with Crippen LogP contribution in [0.1, 0.15) is 35.7 Å². The molecule has 2 amide bonds. The number of carbonyl (C=O) groups excluding carboxylic acids is 4. The average molecular weight is 438 g/mol. The molecule has 1 fully saturated rings. The van der Waals surface area contributed by atoms with Gasteiger partial charge in [0.05, 0.1) is 18.1 Å². The van der Waals surface area contributed by atoms with E-state index in [9.17, 15) is 19.2 Å². The number of benzene rings is 2. The number of hydrogen-bond acceptors (Lipinski definition) is 6. The van der Waals surface area contributed by atoms with Crippen LogP contribution >= 0.6 is 0 Å². The number of nitrogens with zero attached hydrogens (tertiary/aromatic N) is 1. The van der Waals surface area contributed by atoms with Gasteiger partial charge in [0, 0.05) is 24.3 Å². The van der Waals surface area contributed by atoms with Crippen LogP contribution in [0, 0.1) is 12.8 Å². The van der Waals surface area contributed by atoms with Crippen LogP contribution in [0.4, 0.5) is 11.4 Å². The van der Waals surface area contributed by atoms with Crippen molar-refractivity contribution in [2.75, 3.05) is 30.0 Å². The Kier molecular flexibility index (Phi) is 7.59. The van der Waals surface area contributed by atoms with Crippen LogP contribution in [0.15, 0.2) is 48.5 Å². The van der Waals surface area contributed by atoms with Crippen LogP contribution in [0.2, 0.25) is 0 Å². The summed E-state index contributed by atoms with van der Waals surface area (Å²) < 4.78 is 10.2. The van der Waals surface area contributed by atoms with E-state index in [2.05, 4.69) is 5.32 Å². The molecule has 0 aliphatic carbocycles. The van der Waals surface area contributed by atoms with E-state index in [1.807, 2.05) is 38.1 Å². The Balaban J connectivity index is 1.47. The molecular weight excluding hydrogens is 412 g/mol. The molecule has 8 heteroatoms. The second-order valence-electron chi connectivity index (χ2n) is 7.61. The smallest absolute Gasteiger partial charge is 0.338 e. The molecule has 168 valence electrons. The summed E-state index contributed by atoms with van der Waals surface area (Å²) in [6.45, 7) is 3.94. The minimum absolute atomic E-state index is 0.0456. The zero-order valence-electron chi connectivity index (χ0n) is 18.1. The maximum atomic E-state index is 12.4. The average Bonchev–Trinajstić information content (AvgIpc) is 3.18. The predicted octanol–water partition coefficient (Wildman–Crippen LogP) is 3.10. The largest absolute Gasteiger partial charge is 0.462 e. The van der Waals surface area contributed by atoms with Crippen molar-refractivity contribution in [3.63, 3.8) is 0 Å². The summed E-state index contributed by atoms with van der Waals surface area (Å²) >= 11 is 0. The molecule has 3 rings (SSSR count). The Hall–Kier alpha value is -3.68. The normalized spacial score (nSPS) is 15.4. The second kappa shape index (κ2) is 10.6. The van der Waals surface area contributed by atoms with Gasteiger partial charge in [-0.25, -0.2) is 4.79 Å². The molecule has 0 bridgehead atoms. The molecule has 32 heavy (non-hydrogen) atoms. The first-order chi connectivity index (χ1) is 15.4. The van der Waals surface area contributed by atoms with E-state index in [1.54, 1.807) is 29.2 Å². The summed E-state index contributed by atoms with van der Waals surface area (Å²) in [6, 6.07) is 13.7.